The molecule has 0 saturated heterocycles. The zero-order valence-corrected chi connectivity index (χ0v) is 17.9. The van der Waals surface area contributed by atoms with E-state index in [0.717, 1.165) is 29.0 Å². The predicted octanol–water partition coefficient (Wildman–Crippen LogP) is 4.47. The predicted molar refractivity (Wildman–Crippen MR) is 114 cm³/mol. The average molecular weight is 446 g/mol. The number of benzene rings is 1. The van der Waals surface area contributed by atoms with Crippen LogP contribution in [0.1, 0.15) is 31.9 Å². The highest BCUT2D eigenvalue weighted by atomic mass is 35.5. The molecular formula is C20H17Cl2N5OS. The fourth-order valence-electron chi connectivity index (χ4n) is 3.42. The summed E-state index contributed by atoms with van der Waals surface area (Å²) in [6.45, 7) is 2.10. The standard InChI is InChI=1S/C20H17Cl2N5OS/c1-26-9-12(8-24-26)19(28)25-20-14(7-23)13-5-6-27(11-18(13)29-20)10-15-16(21)3-2-4-17(15)22/h2-4,8-9H,5-6,10-11H2,1H3,(H,25,28). The number of thiophene rings is 1. The van der Waals surface area contributed by atoms with Crippen molar-refractivity contribution in [1.29, 1.82) is 5.26 Å². The maximum atomic E-state index is 12.5. The van der Waals surface area contributed by atoms with E-state index in [1.807, 2.05) is 18.2 Å². The van der Waals surface area contributed by atoms with Crippen LogP contribution in [0.3, 0.4) is 0 Å². The number of carbonyl (C=O) groups is 1. The van der Waals surface area contributed by atoms with Crippen LogP contribution in [0.5, 0.6) is 0 Å². The van der Waals surface area contributed by atoms with Crippen LogP contribution >= 0.6 is 34.5 Å². The molecule has 1 aliphatic heterocycles. The van der Waals surface area contributed by atoms with Gasteiger partial charge in [0.1, 0.15) is 11.1 Å². The summed E-state index contributed by atoms with van der Waals surface area (Å²) in [7, 11) is 1.75. The molecule has 0 bridgehead atoms. The third kappa shape index (κ3) is 4.02. The minimum Gasteiger partial charge on any atom is -0.312 e. The molecule has 0 fully saturated rings. The minimum absolute atomic E-state index is 0.270. The topological polar surface area (TPSA) is 74.0 Å². The van der Waals surface area contributed by atoms with Crippen LogP contribution in [-0.4, -0.2) is 27.1 Å². The van der Waals surface area contributed by atoms with Crippen LogP contribution in [0.4, 0.5) is 5.00 Å². The summed E-state index contributed by atoms with van der Waals surface area (Å²) in [4.78, 5) is 15.8. The van der Waals surface area contributed by atoms with E-state index >= 15 is 0 Å². The van der Waals surface area contributed by atoms with E-state index in [9.17, 15) is 10.1 Å². The van der Waals surface area contributed by atoms with Crippen LogP contribution in [0, 0.1) is 11.3 Å². The molecule has 1 aliphatic rings. The monoisotopic (exact) mass is 445 g/mol. The Morgan fingerprint density at radius 3 is 2.79 bits per heavy atom. The van der Waals surface area contributed by atoms with Crippen molar-refractivity contribution in [1.82, 2.24) is 14.7 Å². The minimum atomic E-state index is -0.270. The smallest absolute Gasteiger partial charge is 0.259 e. The second-order valence-corrected chi connectivity index (χ2v) is 8.76. The zero-order valence-electron chi connectivity index (χ0n) is 15.6. The number of nitrogens with zero attached hydrogens (tertiary/aromatic N) is 4. The Kier molecular flexibility index (Phi) is 5.61. The maximum absolute atomic E-state index is 12.5. The number of carbonyl (C=O) groups excluding carboxylic acids is 1. The molecule has 148 valence electrons. The van der Waals surface area contributed by atoms with Crippen molar-refractivity contribution in [2.75, 3.05) is 11.9 Å². The number of nitriles is 1. The Morgan fingerprint density at radius 2 is 2.14 bits per heavy atom. The van der Waals surface area contributed by atoms with Gasteiger partial charge in [0.15, 0.2) is 0 Å². The van der Waals surface area contributed by atoms with Crippen molar-refractivity contribution < 1.29 is 4.79 Å². The second-order valence-electron chi connectivity index (χ2n) is 6.84. The molecule has 1 amide bonds. The van der Waals surface area contributed by atoms with Crippen molar-refractivity contribution in [3.8, 4) is 6.07 Å². The number of nitrogens with one attached hydrogen (secondary N) is 1. The molecule has 6 nitrogen and oxygen atoms in total. The van der Waals surface area contributed by atoms with Gasteiger partial charge >= 0.3 is 0 Å². The van der Waals surface area contributed by atoms with Crippen molar-refractivity contribution in [2.24, 2.45) is 7.05 Å². The lowest BCUT2D eigenvalue weighted by Crippen LogP contribution is -2.29. The molecule has 9 heteroatoms. The summed E-state index contributed by atoms with van der Waals surface area (Å²) in [5, 5.41) is 18.4. The highest BCUT2D eigenvalue weighted by molar-refractivity contribution is 7.16. The first kappa shape index (κ1) is 19.9. The molecule has 0 saturated carbocycles. The molecular weight excluding hydrogens is 429 g/mol. The summed E-state index contributed by atoms with van der Waals surface area (Å²) in [5.74, 6) is -0.270. The number of hydrogen-bond donors (Lipinski definition) is 1. The number of anilines is 1. The van der Waals surface area contributed by atoms with Crippen LogP contribution in [0.25, 0.3) is 0 Å². The highest BCUT2D eigenvalue weighted by Crippen LogP contribution is 2.38. The number of rotatable bonds is 4. The quantitative estimate of drug-likeness (QED) is 0.642. The first-order chi connectivity index (χ1) is 14.0. The Labute approximate surface area is 182 Å². The fraction of sp³-hybridized carbons (Fsp3) is 0.250. The maximum Gasteiger partial charge on any atom is 0.259 e. The van der Waals surface area contributed by atoms with Gasteiger partial charge in [-0.2, -0.15) is 10.4 Å². The summed E-state index contributed by atoms with van der Waals surface area (Å²) in [5.41, 5.74) is 2.93. The van der Waals surface area contributed by atoms with E-state index in [1.165, 1.54) is 17.5 Å². The summed E-state index contributed by atoms with van der Waals surface area (Å²) in [6, 6.07) is 7.77. The van der Waals surface area contributed by atoms with E-state index in [4.69, 9.17) is 23.2 Å². The van der Waals surface area contributed by atoms with Gasteiger partial charge in [-0.15, -0.1) is 11.3 Å². The van der Waals surface area contributed by atoms with Gasteiger partial charge in [0.2, 0.25) is 0 Å². The van der Waals surface area contributed by atoms with Crippen LogP contribution < -0.4 is 5.32 Å². The lowest BCUT2D eigenvalue weighted by Gasteiger charge is -2.27. The number of aromatic nitrogens is 2. The molecule has 4 rings (SSSR count). The normalized spacial score (nSPS) is 13.7. The molecule has 0 unspecified atom stereocenters. The van der Waals surface area contributed by atoms with Gasteiger partial charge in [0, 0.05) is 53.4 Å². The second kappa shape index (κ2) is 8.17. The first-order valence-corrected chi connectivity index (χ1v) is 10.5. The number of amides is 1. The van der Waals surface area contributed by atoms with E-state index in [0.29, 0.717) is 39.3 Å². The largest absolute Gasteiger partial charge is 0.312 e. The number of aryl methyl sites for hydroxylation is 1. The lowest BCUT2D eigenvalue weighted by molar-refractivity contribution is 0.102. The summed E-state index contributed by atoms with van der Waals surface area (Å²) in [6.07, 6.45) is 3.88. The molecule has 3 aromatic rings. The third-order valence-electron chi connectivity index (χ3n) is 4.89. The number of hydrogen-bond acceptors (Lipinski definition) is 5. The van der Waals surface area contributed by atoms with E-state index in [-0.39, 0.29) is 5.91 Å². The third-order valence-corrected chi connectivity index (χ3v) is 6.73. The molecule has 0 radical (unpaired) electrons. The van der Waals surface area contributed by atoms with E-state index in [2.05, 4.69) is 21.4 Å². The van der Waals surface area contributed by atoms with Crippen molar-refractivity contribution in [3.63, 3.8) is 0 Å². The van der Waals surface area contributed by atoms with Crippen molar-refractivity contribution in [3.05, 3.63) is 67.8 Å². The highest BCUT2D eigenvalue weighted by Gasteiger charge is 2.26. The zero-order chi connectivity index (χ0) is 20.5. The molecule has 3 heterocycles. The van der Waals surface area contributed by atoms with Gasteiger partial charge in [-0.1, -0.05) is 29.3 Å². The van der Waals surface area contributed by atoms with Gasteiger partial charge < -0.3 is 5.32 Å². The average Bonchev–Trinajstić information content (AvgIpc) is 3.27. The molecule has 29 heavy (non-hydrogen) atoms. The summed E-state index contributed by atoms with van der Waals surface area (Å²) < 4.78 is 1.57. The van der Waals surface area contributed by atoms with Crippen LogP contribution in [-0.2, 0) is 26.6 Å². The Balaban J connectivity index is 1.55. The molecule has 2 aromatic heterocycles. The summed E-state index contributed by atoms with van der Waals surface area (Å²) >= 11 is 14.1. The molecule has 1 N–H and O–H groups in total. The van der Waals surface area contributed by atoms with Crippen LogP contribution in [0.15, 0.2) is 30.6 Å². The Bertz CT molecular complexity index is 1110. The van der Waals surface area contributed by atoms with Gasteiger partial charge in [-0.25, -0.2) is 0 Å². The van der Waals surface area contributed by atoms with E-state index < -0.39 is 0 Å². The van der Waals surface area contributed by atoms with E-state index in [1.54, 1.807) is 17.9 Å². The van der Waals surface area contributed by atoms with Crippen molar-refractivity contribution in [2.45, 2.75) is 19.5 Å². The Hall–Kier alpha value is -2.37. The molecule has 0 aliphatic carbocycles. The molecule has 0 atom stereocenters. The number of fused-ring (bicyclic) bond motifs is 1. The lowest BCUT2D eigenvalue weighted by atomic mass is 10.0. The van der Waals surface area contributed by atoms with Crippen LogP contribution in [0.2, 0.25) is 10.0 Å². The Morgan fingerprint density at radius 1 is 1.38 bits per heavy atom. The van der Waals surface area contributed by atoms with Gasteiger partial charge in [-0.05, 0) is 24.1 Å². The first-order valence-electron chi connectivity index (χ1n) is 8.96. The van der Waals surface area contributed by atoms with Crippen molar-refractivity contribution >= 4 is 45.4 Å². The fourth-order valence-corrected chi connectivity index (χ4v) is 5.17. The van der Waals surface area contributed by atoms with Gasteiger partial charge in [0.05, 0.1) is 17.3 Å². The molecule has 1 aromatic carbocycles. The van der Waals surface area contributed by atoms with Gasteiger partial charge in [0.25, 0.3) is 5.91 Å². The molecule has 0 spiro atoms. The van der Waals surface area contributed by atoms with Gasteiger partial charge in [-0.3, -0.25) is 14.4 Å². The number of halogens is 2. The SMILES string of the molecule is Cn1cc(C(=O)Nc2sc3c(c2C#N)CCN(Cc2c(Cl)cccc2Cl)C3)cn1.